The third-order valence-electron chi connectivity index (χ3n) is 10.6. The molecule has 1 aromatic rings. The molecule has 2 heterocycles. The van der Waals surface area contributed by atoms with Crippen LogP contribution in [0.2, 0.25) is 0 Å². The molecule has 9 nitrogen and oxygen atoms in total. The van der Waals surface area contributed by atoms with E-state index in [9.17, 15) is 24.4 Å². The smallest absolute Gasteiger partial charge is 0.246 e. The van der Waals surface area contributed by atoms with E-state index in [-0.39, 0.29) is 47.9 Å². The Balaban J connectivity index is 1.19. The highest BCUT2D eigenvalue weighted by Gasteiger charge is 2.56. The molecule has 230 valence electrons. The Morgan fingerprint density at radius 3 is 2.37 bits per heavy atom. The van der Waals surface area contributed by atoms with Crippen molar-refractivity contribution in [3.63, 3.8) is 0 Å². The van der Waals surface area contributed by atoms with Crippen LogP contribution < -0.4 is 16.0 Å². The van der Waals surface area contributed by atoms with E-state index in [2.05, 4.69) is 22.0 Å². The van der Waals surface area contributed by atoms with Gasteiger partial charge in [-0.05, 0) is 79.7 Å². The molecule has 1 saturated heterocycles. The van der Waals surface area contributed by atoms with Gasteiger partial charge in [-0.2, -0.15) is 5.26 Å². The van der Waals surface area contributed by atoms with Crippen LogP contribution in [-0.2, 0) is 24.6 Å². The summed E-state index contributed by atoms with van der Waals surface area (Å²) in [6, 6.07) is 7.30. The topological polar surface area (TPSA) is 131 Å². The van der Waals surface area contributed by atoms with E-state index in [4.69, 9.17) is 0 Å². The molecule has 3 saturated carbocycles. The second-order valence-corrected chi connectivity index (χ2v) is 15.2. The van der Waals surface area contributed by atoms with Crippen molar-refractivity contribution in [2.24, 2.45) is 22.7 Å². The highest BCUT2D eigenvalue weighted by Crippen LogP contribution is 2.57. The van der Waals surface area contributed by atoms with Gasteiger partial charge in [-0.25, -0.2) is 0 Å². The Morgan fingerprint density at radius 2 is 1.74 bits per heavy atom. The number of carbonyl (C=O) groups excluding carboxylic acids is 4. The van der Waals surface area contributed by atoms with Gasteiger partial charge in [0.2, 0.25) is 23.6 Å². The third-order valence-corrected chi connectivity index (χ3v) is 10.6. The molecule has 6 rings (SSSR count). The molecule has 0 unspecified atom stereocenters. The Morgan fingerprint density at radius 1 is 1.05 bits per heavy atom. The number of hydrogen-bond acceptors (Lipinski definition) is 5. The van der Waals surface area contributed by atoms with Crippen LogP contribution in [0.5, 0.6) is 0 Å². The largest absolute Gasteiger partial charge is 0.344 e. The summed E-state index contributed by atoms with van der Waals surface area (Å²) < 4.78 is 0. The van der Waals surface area contributed by atoms with Gasteiger partial charge >= 0.3 is 0 Å². The molecule has 4 amide bonds. The van der Waals surface area contributed by atoms with Crippen LogP contribution in [0.15, 0.2) is 24.3 Å². The lowest BCUT2D eigenvalue weighted by Crippen LogP contribution is -2.56. The third kappa shape index (κ3) is 6.03. The minimum atomic E-state index is -0.996. The summed E-state index contributed by atoms with van der Waals surface area (Å²) in [6.45, 7) is 6.10. The predicted octanol–water partition coefficient (Wildman–Crippen LogP) is 4.18. The second kappa shape index (κ2) is 10.9. The number of anilines is 1. The van der Waals surface area contributed by atoms with E-state index < -0.39 is 23.5 Å². The molecule has 5 aliphatic rings. The lowest BCUT2D eigenvalue weighted by molar-refractivity contribution is -0.138. The zero-order valence-corrected chi connectivity index (χ0v) is 25.7. The van der Waals surface area contributed by atoms with Crippen molar-refractivity contribution in [2.75, 3.05) is 11.9 Å². The van der Waals surface area contributed by atoms with Crippen LogP contribution in [0.4, 0.5) is 5.69 Å². The quantitative estimate of drug-likeness (QED) is 0.420. The number of nitrogens with one attached hydrogen (secondary N) is 3. The number of likely N-dealkylation sites (tertiary alicyclic amines) is 1. The number of nitrogens with zero attached hydrogens (tertiary/aromatic N) is 2. The molecule has 2 aliphatic heterocycles. The normalized spacial score (nSPS) is 27.3. The van der Waals surface area contributed by atoms with Crippen LogP contribution in [0.25, 0.3) is 0 Å². The van der Waals surface area contributed by atoms with Gasteiger partial charge in [0.25, 0.3) is 0 Å². The average Bonchev–Trinajstić information content (AvgIpc) is 3.88. The molecule has 4 atom stereocenters. The Kier molecular flexibility index (Phi) is 7.55. The summed E-state index contributed by atoms with van der Waals surface area (Å²) >= 11 is 0. The number of amides is 4. The molecule has 0 bridgehead atoms. The molecule has 3 N–H and O–H groups in total. The number of carbonyl (C=O) groups is 4. The van der Waals surface area contributed by atoms with Crippen LogP contribution in [0, 0.1) is 34.0 Å². The van der Waals surface area contributed by atoms with E-state index >= 15 is 0 Å². The predicted molar refractivity (Wildman–Crippen MR) is 161 cm³/mol. The van der Waals surface area contributed by atoms with E-state index in [0.717, 1.165) is 44.1 Å². The summed E-state index contributed by atoms with van der Waals surface area (Å²) in [6.07, 6.45) is 9.69. The monoisotopic (exact) mass is 587 g/mol. The van der Waals surface area contributed by atoms with Gasteiger partial charge < -0.3 is 20.9 Å². The van der Waals surface area contributed by atoms with Crippen molar-refractivity contribution in [1.29, 1.82) is 5.26 Å². The van der Waals surface area contributed by atoms with Crippen LogP contribution in [0.3, 0.4) is 0 Å². The van der Waals surface area contributed by atoms with Gasteiger partial charge in [0.15, 0.2) is 0 Å². The maximum Gasteiger partial charge on any atom is 0.246 e. The Labute approximate surface area is 254 Å². The van der Waals surface area contributed by atoms with Gasteiger partial charge in [0.05, 0.1) is 11.5 Å². The molecular formula is C34H45N5O4. The molecule has 43 heavy (non-hydrogen) atoms. The van der Waals surface area contributed by atoms with Crippen LogP contribution in [0.1, 0.15) is 97.0 Å². The van der Waals surface area contributed by atoms with Gasteiger partial charge in [0.1, 0.15) is 18.1 Å². The summed E-state index contributed by atoms with van der Waals surface area (Å²) in [5.74, 6) is -0.622. The minimum absolute atomic E-state index is 0.0491. The number of benzene rings is 1. The van der Waals surface area contributed by atoms with Crippen molar-refractivity contribution in [3.05, 3.63) is 29.8 Å². The fourth-order valence-corrected chi connectivity index (χ4v) is 7.65. The highest BCUT2D eigenvalue weighted by molar-refractivity contribution is 6.07. The van der Waals surface area contributed by atoms with Gasteiger partial charge in [-0.1, -0.05) is 51.8 Å². The zero-order chi connectivity index (χ0) is 30.6. The van der Waals surface area contributed by atoms with E-state index in [1.807, 2.05) is 45.0 Å². The first-order chi connectivity index (χ1) is 20.4. The van der Waals surface area contributed by atoms with Crippen molar-refractivity contribution < 1.29 is 19.2 Å². The zero-order valence-electron chi connectivity index (χ0n) is 25.7. The fraction of sp³-hybridized carbons (Fsp3) is 0.676. The number of nitriles is 1. The van der Waals surface area contributed by atoms with Gasteiger partial charge in [0, 0.05) is 24.6 Å². The maximum absolute atomic E-state index is 14.2. The summed E-state index contributed by atoms with van der Waals surface area (Å²) in [5.41, 5.74) is 0.695. The molecule has 0 aromatic heterocycles. The first-order valence-electron chi connectivity index (χ1n) is 16.1. The molecule has 4 fully saturated rings. The standard InChI is InChI=1S/C34H45N5O4/c1-32(2,3)18-27(30(42)39-20-34(17-23(39)19-35)24-6-4-5-7-25(24)38-31(34)43)37-29(41)26(16-21-8-9-21)36-28(40)22-10-12-33(13-11-22)14-15-33/h4-7,21-23,26-27H,8-18,20H2,1-3H3,(H,36,40)(H,37,41)(H,38,43)/t23-,26-,27-,34-/m0/s1. The lowest BCUT2D eigenvalue weighted by atomic mass is 9.79. The number of para-hydroxylation sites is 1. The minimum Gasteiger partial charge on any atom is -0.344 e. The second-order valence-electron chi connectivity index (χ2n) is 15.2. The Hall–Kier alpha value is -3.41. The van der Waals surface area contributed by atoms with E-state index in [1.165, 1.54) is 17.7 Å². The molecule has 9 heteroatoms. The van der Waals surface area contributed by atoms with Gasteiger partial charge in [-0.3, -0.25) is 19.2 Å². The number of fused-ring (bicyclic) bond motifs is 2. The first kappa shape index (κ1) is 29.7. The molecule has 3 aliphatic carbocycles. The van der Waals surface area contributed by atoms with E-state index in [0.29, 0.717) is 29.9 Å². The van der Waals surface area contributed by atoms with Crippen molar-refractivity contribution >= 4 is 29.3 Å². The summed E-state index contributed by atoms with van der Waals surface area (Å²) in [4.78, 5) is 56.1. The van der Waals surface area contributed by atoms with Gasteiger partial charge in [-0.15, -0.1) is 0 Å². The lowest BCUT2D eigenvalue weighted by Gasteiger charge is -2.33. The fourth-order valence-electron chi connectivity index (χ4n) is 7.65. The molecule has 2 spiro atoms. The van der Waals surface area contributed by atoms with Crippen molar-refractivity contribution in [3.8, 4) is 6.07 Å². The molecular weight excluding hydrogens is 542 g/mol. The van der Waals surface area contributed by atoms with Crippen molar-refractivity contribution in [1.82, 2.24) is 15.5 Å². The Bertz CT molecular complexity index is 1340. The number of hydrogen-bond donors (Lipinski definition) is 3. The van der Waals surface area contributed by atoms with Crippen LogP contribution in [-0.4, -0.2) is 53.2 Å². The van der Waals surface area contributed by atoms with E-state index in [1.54, 1.807) is 0 Å². The number of rotatable bonds is 8. The highest BCUT2D eigenvalue weighted by atomic mass is 16.2. The van der Waals surface area contributed by atoms with Crippen molar-refractivity contribution in [2.45, 2.75) is 115 Å². The van der Waals surface area contributed by atoms with Crippen LogP contribution >= 0.6 is 0 Å². The SMILES string of the molecule is CC(C)(C)C[C@H](NC(=O)[C@H](CC1CC1)NC(=O)C1CCC2(CC1)CC2)C(=O)N1C[C@]2(C[C@H]1C#N)C(=O)Nc1ccccc12. The summed E-state index contributed by atoms with van der Waals surface area (Å²) in [7, 11) is 0. The molecule has 1 aromatic carbocycles. The first-order valence-corrected chi connectivity index (χ1v) is 16.1. The average molecular weight is 588 g/mol. The summed E-state index contributed by atoms with van der Waals surface area (Å²) in [5, 5.41) is 19.1. The molecule has 0 radical (unpaired) electrons. The maximum atomic E-state index is 14.2.